The minimum Gasteiger partial charge on any atom is -0.481 e. The highest BCUT2D eigenvalue weighted by molar-refractivity contribution is 5.68. The van der Waals surface area contributed by atoms with Gasteiger partial charge in [0.1, 0.15) is 5.82 Å². The molecule has 0 radical (unpaired) electrons. The first kappa shape index (κ1) is 15.0. The number of carbonyl (C=O) groups is 1. The van der Waals surface area contributed by atoms with E-state index in [0.29, 0.717) is 11.3 Å². The van der Waals surface area contributed by atoms with Gasteiger partial charge in [-0.1, -0.05) is 24.3 Å². The van der Waals surface area contributed by atoms with Crippen molar-refractivity contribution in [3.63, 3.8) is 0 Å². The Morgan fingerprint density at radius 2 is 2.00 bits per heavy atom. The molecule has 7 heteroatoms. The molecule has 1 unspecified atom stereocenters. The molecule has 0 amide bonds. The van der Waals surface area contributed by atoms with Crippen LogP contribution < -0.4 is 5.32 Å². The summed E-state index contributed by atoms with van der Waals surface area (Å²) < 4.78 is 1.82. The average molecular weight is 312 g/mol. The smallest absolute Gasteiger partial charge is 0.306 e. The predicted molar refractivity (Wildman–Crippen MR) is 85.2 cm³/mol. The van der Waals surface area contributed by atoms with Crippen molar-refractivity contribution in [1.82, 2.24) is 14.4 Å². The van der Waals surface area contributed by atoms with Gasteiger partial charge in [-0.05, 0) is 11.6 Å². The van der Waals surface area contributed by atoms with Crippen molar-refractivity contribution in [3.8, 4) is 11.3 Å². The van der Waals surface area contributed by atoms with Gasteiger partial charge in [0.15, 0.2) is 0 Å². The Labute approximate surface area is 132 Å². The van der Waals surface area contributed by atoms with E-state index in [4.69, 9.17) is 5.11 Å². The van der Waals surface area contributed by atoms with Gasteiger partial charge in [0.2, 0.25) is 5.78 Å². The van der Waals surface area contributed by atoms with Crippen LogP contribution in [0, 0.1) is 0 Å². The van der Waals surface area contributed by atoms with Crippen LogP contribution in [0.4, 0.5) is 5.82 Å². The van der Waals surface area contributed by atoms with Gasteiger partial charge in [0.05, 0.1) is 18.2 Å². The second kappa shape index (κ2) is 6.05. The number of aliphatic hydroxyl groups excluding tert-OH is 1. The standard InChI is InChI=1S/C16H16N4O3/c1-17-14-6-7-20-9-12(18-16(20)19-14)10-2-4-11(5-3-10)13(21)8-15(22)23/h2-7,9,13,21H,8H2,1H3,(H,22,23)(H,17,18,19). The summed E-state index contributed by atoms with van der Waals surface area (Å²) in [6.45, 7) is 0. The number of aliphatic carboxylic acids is 1. The van der Waals surface area contributed by atoms with E-state index in [-0.39, 0.29) is 6.42 Å². The van der Waals surface area contributed by atoms with Crippen molar-refractivity contribution in [1.29, 1.82) is 0 Å². The number of nitrogens with one attached hydrogen (secondary N) is 1. The molecule has 0 aliphatic rings. The largest absolute Gasteiger partial charge is 0.481 e. The first-order chi connectivity index (χ1) is 11.1. The summed E-state index contributed by atoms with van der Waals surface area (Å²) in [5, 5.41) is 21.5. The van der Waals surface area contributed by atoms with Crippen molar-refractivity contribution in [2.75, 3.05) is 12.4 Å². The fourth-order valence-corrected chi connectivity index (χ4v) is 2.31. The van der Waals surface area contributed by atoms with Crippen molar-refractivity contribution < 1.29 is 15.0 Å². The van der Waals surface area contributed by atoms with E-state index in [9.17, 15) is 9.90 Å². The highest BCUT2D eigenvalue weighted by Gasteiger charge is 2.12. The zero-order valence-corrected chi connectivity index (χ0v) is 12.5. The van der Waals surface area contributed by atoms with E-state index < -0.39 is 12.1 Å². The van der Waals surface area contributed by atoms with E-state index in [1.165, 1.54) is 0 Å². The molecule has 0 bridgehead atoms. The molecule has 118 valence electrons. The molecule has 23 heavy (non-hydrogen) atoms. The number of carboxylic acid groups (broad SMARTS) is 1. The van der Waals surface area contributed by atoms with Gasteiger partial charge < -0.3 is 15.5 Å². The molecule has 0 fully saturated rings. The molecule has 3 N–H and O–H groups in total. The Kier molecular flexibility index (Phi) is 3.94. The molecule has 3 rings (SSSR count). The number of aromatic nitrogens is 3. The van der Waals surface area contributed by atoms with Crippen LogP contribution in [0.2, 0.25) is 0 Å². The maximum absolute atomic E-state index is 10.6. The van der Waals surface area contributed by atoms with Crippen LogP contribution in [0.15, 0.2) is 42.7 Å². The molecule has 2 heterocycles. The molecular formula is C16H16N4O3. The Morgan fingerprint density at radius 1 is 1.26 bits per heavy atom. The molecule has 3 aromatic rings. The third-order valence-electron chi connectivity index (χ3n) is 3.54. The summed E-state index contributed by atoms with van der Waals surface area (Å²) in [4.78, 5) is 19.5. The van der Waals surface area contributed by atoms with Crippen LogP contribution in [0.5, 0.6) is 0 Å². The van der Waals surface area contributed by atoms with Crippen LogP contribution >= 0.6 is 0 Å². The lowest BCUT2D eigenvalue weighted by atomic mass is 10.0. The number of nitrogens with zero attached hydrogens (tertiary/aromatic N) is 3. The monoisotopic (exact) mass is 312 g/mol. The number of aliphatic hydroxyl groups is 1. The van der Waals surface area contributed by atoms with E-state index >= 15 is 0 Å². The second-order valence-corrected chi connectivity index (χ2v) is 5.13. The maximum Gasteiger partial charge on any atom is 0.306 e. The van der Waals surface area contributed by atoms with Crippen LogP contribution in [0.25, 0.3) is 17.0 Å². The Morgan fingerprint density at radius 3 is 2.65 bits per heavy atom. The fraction of sp³-hybridized carbons (Fsp3) is 0.188. The molecule has 0 saturated carbocycles. The van der Waals surface area contributed by atoms with Crippen LogP contribution in [-0.2, 0) is 4.79 Å². The minimum atomic E-state index is -1.03. The van der Waals surface area contributed by atoms with Gasteiger partial charge in [-0.2, -0.15) is 4.98 Å². The zero-order chi connectivity index (χ0) is 16.4. The summed E-state index contributed by atoms with van der Waals surface area (Å²) in [6.07, 6.45) is 2.41. The van der Waals surface area contributed by atoms with E-state index in [1.807, 2.05) is 22.9 Å². The number of carboxylic acids is 1. The Bertz CT molecular complexity index is 842. The van der Waals surface area contributed by atoms with Crippen LogP contribution in [0.1, 0.15) is 18.1 Å². The van der Waals surface area contributed by atoms with E-state index in [2.05, 4.69) is 15.3 Å². The SMILES string of the molecule is CNc1ccn2cc(-c3ccc(C(O)CC(=O)O)cc3)nc2n1. The lowest BCUT2D eigenvalue weighted by molar-refractivity contribution is -0.139. The third kappa shape index (κ3) is 3.14. The number of hydrogen-bond acceptors (Lipinski definition) is 5. The quantitative estimate of drug-likeness (QED) is 0.666. The molecule has 1 atom stereocenters. The molecule has 0 aliphatic carbocycles. The van der Waals surface area contributed by atoms with Gasteiger partial charge in [-0.25, -0.2) is 4.98 Å². The number of anilines is 1. The van der Waals surface area contributed by atoms with Gasteiger partial charge in [-0.3, -0.25) is 9.20 Å². The van der Waals surface area contributed by atoms with E-state index in [1.54, 1.807) is 31.3 Å². The normalized spacial score (nSPS) is 12.3. The average Bonchev–Trinajstić information content (AvgIpc) is 2.97. The van der Waals surface area contributed by atoms with Crippen LogP contribution in [0.3, 0.4) is 0 Å². The minimum absolute atomic E-state index is 0.315. The number of fused-ring (bicyclic) bond motifs is 1. The van der Waals surface area contributed by atoms with Crippen LogP contribution in [-0.4, -0.2) is 37.6 Å². The Hall–Kier alpha value is -2.93. The number of benzene rings is 1. The van der Waals surface area contributed by atoms with Crippen molar-refractivity contribution in [3.05, 3.63) is 48.3 Å². The number of rotatable bonds is 5. The molecule has 0 saturated heterocycles. The topological polar surface area (TPSA) is 99.8 Å². The molecular weight excluding hydrogens is 296 g/mol. The van der Waals surface area contributed by atoms with Gasteiger partial charge in [0, 0.05) is 25.0 Å². The first-order valence-corrected chi connectivity index (χ1v) is 7.10. The molecule has 2 aromatic heterocycles. The zero-order valence-electron chi connectivity index (χ0n) is 12.5. The summed E-state index contributed by atoms with van der Waals surface area (Å²) >= 11 is 0. The van der Waals surface area contributed by atoms with Gasteiger partial charge in [-0.15, -0.1) is 0 Å². The lowest BCUT2D eigenvalue weighted by Gasteiger charge is -2.08. The third-order valence-corrected chi connectivity index (χ3v) is 3.54. The highest BCUT2D eigenvalue weighted by Crippen LogP contribution is 2.23. The fourth-order valence-electron chi connectivity index (χ4n) is 2.31. The summed E-state index contributed by atoms with van der Waals surface area (Å²) in [5.41, 5.74) is 2.19. The van der Waals surface area contributed by atoms with Crippen molar-refractivity contribution >= 4 is 17.6 Å². The molecule has 0 aliphatic heterocycles. The summed E-state index contributed by atoms with van der Waals surface area (Å²) in [7, 11) is 1.80. The molecule has 0 spiro atoms. The number of imidazole rings is 1. The van der Waals surface area contributed by atoms with Crippen molar-refractivity contribution in [2.24, 2.45) is 0 Å². The predicted octanol–water partition coefficient (Wildman–Crippen LogP) is 1.95. The maximum atomic E-state index is 10.6. The van der Waals surface area contributed by atoms with E-state index in [0.717, 1.165) is 17.1 Å². The molecule has 1 aromatic carbocycles. The second-order valence-electron chi connectivity index (χ2n) is 5.13. The van der Waals surface area contributed by atoms with Gasteiger partial charge in [0.25, 0.3) is 0 Å². The summed E-state index contributed by atoms with van der Waals surface area (Å²) in [5.74, 6) is 0.289. The highest BCUT2D eigenvalue weighted by atomic mass is 16.4. The molecule has 7 nitrogen and oxygen atoms in total. The lowest BCUT2D eigenvalue weighted by Crippen LogP contribution is -2.05. The van der Waals surface area contributed by atoms with Gasteiger partial charge >= 0.3 is 5.97 Å². The first-order valence-electron chi connectivity index (χ1n) is 7.10. The van der Waals surface area contributed by atoms with Crippen molar-refractivity contribution in [2.45, 2.75) is 12.5 Å². The number of hydrogen-bond donors (Lipinski definition) is 3. The Balaban J connectivity index is 1.88. The summed E-state index contributed by atoms with van der Waals surface area (Å²) in [6, 6.07) is 8.88.